The summed E-state index contributed by atoms with van der Waals surface area (Å²) >= 11 is 1.02. The van der Waals surface area contributed by atoms with Gasteiger partial charge in [-0.3, -0.25) is 0 Å². The fourth-order valence-corrected chi connectivity index (χ4v) is 5.19. The lowest BCUT2D eigenvalue weighted by molar-refractivity contribution is 0.286. The van der Waals surface area contributed by atoms with E-state index in [1.165, 1.54) is 6.07 Å². The van der Waals surface area contributed by atoms with Crippen molar-refractivity contribution in [1.29, 1.82) is 0 Å². The molecule has 24 heavy (non-hydrogen) atoms. The second-order valence-corrected chi connectivity index (χ2v) is 9.31. The van der Waals surface area contributed by atoms with E-state index in [1.54, 1.807) is 20.8 Å². The van der Waals surface area contributed by atoms with Crippen molar-refractivity contribution in [2.75, 3.05) is 0 Å². The first-order chi connectivity index (χ1) is 11.0. The van der Waals surface area contributed by atoms with E-state index in [1.807, 2.05) is 31.2 Å². The second kappa shape index (κ2) is 6.85. The van der Waals surface area contributed by atoms with Crippen molar-refractivity contribution in [3.8, 4) is 16.2 Å². The number of aryl methyl sites for hydroxylation is 1. The molecule has 0 radical (unpaired) electrons. The number of sulfonamides is 1. The molecule has 0 fully saturated rings. The largest absolute Gasteiger partial charge is 0.707 e. The van der Waals surface area contributed by atoms with E-state index in [-0.39, 0.29) is 9.96 Å². The van der Waals surface area contributed by atoms with Gasteiger partial charge >= 0.3 is 7.32 Å². The smallest absolute Gasteiger partial charge is 0.510 e. The van der Waals surface area contributed by atoms with Gasteiger partial charge in [0, 0.05) is 10.4 Å². The van der Waals surface area contributed by atoms with Gasteiger partial charge in [0.25, 0.3) is 10.0 Å². The zero-order valence-corrected chi connectivity index (χ0v) is 15.5. The highest BCUT2D eigenvalue weighted by Gasteiger charge is 2.30. The van der Waals surface area contributed by atoms with E-state index in [4.69, 9.17) is 14.7 Å². The second-order valence-electron chi connectivity index (χ2n) is 6.38. The molecule has 0 bridgehead atoms. The number of hydrogen-bond donors (Lipinski definition) is 3. The van der Waals surface area contributed by atoms with Crippen molar-refractivity contribution >= 4 is 28.7 Å². The summed E-state index contributed by atoms with van der Waals surface area (Å²) in [7, 11) is -5.98. The molecule has 2 aromatic rings. The minimum Gasteiger partial charge on any atom is -0.510 e. The minimum absolute atomic E-state index is 0.0926. The molecular weight excluding hydrogens is 349 g/mol. The lowest BCUT2D eigenvalue weighted by atomic mass is 10.1. The van der Waals surface area contributed by atoms with Gasteiger partial charge < -0.3 is 14.7 Å². The quantitative estimate of drug-likeness (QED) is 0.702. The zero-order valence-electron chi connectivity index (χ0n) is 13.9. The van der Waals surface area contributed by atoms with E-state index in [2.05, 4.69) is 4.72 Å². The van der Waals surface area contributed by atoms with E-state index < -0.39 is 22.9 Å². The van der Waals surface area contributed by atoms with Crippen LogP contribution in [0.25, 0.3) is 10.4 Å². The van der Waals surface area contributed by atoms with Crippen molar-refractivity contribution in [2.45, 2.75) is 37.4 Å². The molecule has 0 atom stereocenters. The molecule has 0 aliphatic heterocycles. The van der Waals surface area contributed by atoms with E-state index in [9.17, 15) is 8.42 Å². The molecule has 0 unspecified atom stereocenters. The Morgan fingerprint density at radius 1 is 1.21 bits per heavy atom. The summed E-state index contributed by atoms with van der Waals surface area (Å²) in [5.41, 5.74) is 1.15. The highest BCUT2D eigenvalue weighted by atomic mass is 32.2. The molecule has 9 heteroatoms. The van der Waals surface area contributed by atoms with Gasteiger partial charge in [-0.15, -0.1) is 11.3 Å². The molecule has 0 aliphatic rings. The van der Waals surface area contributed by atoms with E-state index >= 15 is 0 Å². The third-order valence-electron chi connectivity index (χ3n) is 2.99. The van der Waals surface area contributed by atoms with Gasteiger partial charge in [-0.2, -0.15) is 0 Å². The van der Waals surface area contributed by atoms with Gasteiger partial charge in [0.1, 0.15) is 5.75 Å². The Morgan fingerprint density at radius 3 is 2.38 bits per heavy atom. The lowest BCUT2D eigenvalue weighted by Crippen LogP contribution is -2.40. The highest BCUT2D eigenvalue weighted by molar-refractivity contribution is 7.91. The fraction of sp³-hybridized carbons (Fsp3) is 0.333. The van der Waals surface area contributed by atoms with Crippen LogP contribution in [0.5, 0.6) is 5.75 Å². The van der Waals surface area contributed by atoms with Crippen molar-refractivity contribution in [3.05, 3.63) is 35.9 Å². The highest BCUT2D eigenvalue weighted by Crippen LogP contribution is 2.40. The average molecular weight is 369 g/mol. The Hall–Kier alpha value is -1.39. The van der Waals surface area contributed by atoms with Crippen LogP contribution in [0.4, 0.5) is 0 Å². The lowest BCUT2D eigenvalue weighted by Gasteiger charge is -2.20. The fourth-order valence-electron chi connectivity index (χ4n) is 2.17. The Labute approximate surface area is 146 Å². The molecule has 0 amide bonds. The summed E-state index contributed by atoms with van der Waals surface area (Å²) in [6.07, 6.45) is 0. The van der Waals surface area contributed by atoms with Crippen LogP contribution in [0.15, 0.2) is 34.5 Å². The number of nitrogens with one attached hydrogen (secondary N) is 1. The first-order valence-electron chi connectivity index (χ1n) is 7.26. The number of rotatable bonds is 5. The van der Waals surface area contributed by atoms with Crippen LogP contribution in [0.1, 0.15) is 26.3 Å². The Balaban J connectivity index is 2.56. The first kappa shape index (κ1) is 18.9. The topological polar surface area (TPSA) is 95.9 Å². The Morgan fingerprint density at radius 2 is 1.83 bits per heavy atom. The van der Waals surface area contributed by atoms with Crippen molar-refractivity contribution in [1.82, 2.24) is 4.72 Å². The third-order valence-corrected chi connectivity index (χ3v) is 6.42. The van der Waals surface area contributed by atoms with Crippen molar-refractivity contribution in [2.24, 2.45) is 0 Å². The predicted octanol–water partition coefficient (Wildman–Crippen LogP) is 2.15. The molecule has 1 aromatic heterocycles. The third kappa shape index (κ3) is 4.58. The van der Waals surface area contributed by atoms with E-state index in [0.29, 0.717) is 4.88 Å². The van der Waals surface area contributed by atoms with Gasteiger partial charge in [0.2, 0.25) is 0 Å². The van der Waals surface area contributed by atoms with Gasteiger partial charge in [-0.25, -0.2) is 13.1 Å². The Bertz CT molecular complexity index is 825. The minimum atomic E-state index is -3.87. The molecule has 1 aromatic carbocycles. The molecule has 2 rings (SSSR count). The number of thiophene rings is 1. The molecule has 130 valence electrons. The van der Waals surface area contributed by atoms with Gasteiger partial charge in [-0.1, -0.05) is 24.3 Å². The molecule has 0 aliphatic carbocycles. The summed E-state index contributed by atoms with van der Waals surface area (Å²) in [5.74, 6) is -0.0926. The normalized spacial score (nSPS) is 12.2. The summed E-state index contributed by atoms with van der Waals surface area (Å²) in [4.78, 5) is 0.665. The van der Waals surface area contributed by atoms with E-state index in [0.717, 1.165) is 22.5 Å². The van der Waals surface area contributed by atoms with Crippen LogP contribution in [-0.2, 0) is 10.0 Å². The maximum Gasteiger partial charge on any atom is 0.707 e. The summed E-state index contributed by atoms with van der Waals surface area (Å²) in [6, 6.07) is 9.03. The summed E-state index contributed by atoms with van der Waals surface area (Å²) in [5, 5.41) is 18.2. The molecule has 0 spiro atoms. The van der Waals surface area contributed by atoms with Crippen LogP contribution in [0.2, 0.25) is 0 Å². The van der Waals surface area contributed by atoms with Gasteiger partial charge in [-0.05, 0) is 44.9 Å². The Kier molecular flexibility index (Phi) is 5.41. The van der Waals surface area contributed by atoms with Gasteiger partial charge in [0.05, 0.1) is 0 Å². The molecular formula is C15H20BNO5S2. The standard InChI is InChI=1S/C15H20BNO5S2/c1-10-7-5-6-8-11(10)13-9-12(22-16(18)19)14(23-13)24(20,21)17-15(2,3)4/h5-9,17-19H,1-4H3. The van der Waals surface area contributed by atoms with Crippen molar-refractivity contribution < 1.29 is 23.1 Å². The zero-order chi connectivity index (χ0) is 18.1. The molecule has 1 heterocycles. The summed E-state index contributed by atoms with van der Waals surface area (Å²) < 4.78 is 32.6. The molecule has 6 nitrogen and oxygen atoms in total. The van der Waals surface area contributed by atoms with Crippen LogP contribution in [0, 0.1) is 6.92 Å². The summed E-state index contributed by atoms with van der Waals surface area (Å²) in [6.45, 7) is 7.09. The molecule has 0 saturated heterocycles. The SMILES string of the molecule is Cc1ccccc1-c1cc(OB(O)O)c(S(=O)(=O)NC(C)(C)C)s1. The number of hydrogen-bond acceptors (Lipinski definition) is 6. The maximum absolute atomic E-state index is 12.6. The van der Waals surface area contributed by atoms with Gasteiger partial charge in [0.15, 0.2) is 4.21 Å². The average Bonchev–Trinajstić information content (AvgIpc) is 2.80. The maximum atomic E-state index is 12.6. The number of benzene rings is 1. The van der Waals surface area contributed by atoms with Crippen LogP contribution >= 0.6 is 11.3 Å². The first-order valence-corrected chi connectivity index (χ1v) is 9.56. The predicted molar refractivity (Wildman–Crippen MR) is 95.4 cm³/mol. The van der Waals surface area contributed by atoms with Crippen molar-refractivity contribution in [3.63, 3.8) is 0 Å². The van der Waals surface area contributed by atoms with Crippen LogP contribution in [0.3, 0.4) is 0 Å². The molecule has 3 N–H and O–H groups in total. The monoisotopic (exact) mass is 369 g/mol. The van der Waals surface area contributed by atoms with Crippen LogP contribution in [-0.4, -0.2) is 31.3 Å². The molecule has 0 saturated carbocycles. The van der Waals surface area contributed by atoms with Crippen LogP contribution < -0.4 is 9.38 Å².